The van der Waals surface area contributed by atoms with Crippen molar-refractivity contribution in [1.29, 1.82) is 0 Å². The number of fused-ring (bicyclic) bond motifs is 3. The standard InChI is InChI=1S/C17H21N3O5/c1-10(2)18-17(24)20-8-11-7-13(20)16(23)19(9-15(21)22)12-5-3-4-6-14(12)25-11/h3-6,10-11,13H,7-9H2,1-2H3,(H,18,24)(H,21,22). The third kappa shape index (κ3) is 3.38. The number of carbonyl (C=O) groups excluding carboxylic acids is 2. The molecule has 25 heavy (non-hydrogen) atoms. The molecule has 0 saturated carbocycles. The van der Waals surface area contributed by atoms with Crippen LogP contribution in [-0.2, 0) is 9.59 Å². The topological polar surface area (TPSA) is 99.2 Å². The molecule has 2 N–H and O–H groups in total. The van der Waals surface area contributed by atoms with Crippen LogP contribution in [0.25, 0.3) is 0 Å². The Hall–Kier alpha value is -2.77. The number of para-hydroxylation sites is 2. The molecule has 2 bridgehead atoms. The maximum absolute atomic E-state index is 13.0. The molecule has 0 spiro atoms. The van der Waals surface area contributed by atoms with Gasteiger partial charge in [-0.1, -0.05) is 12.1 Å². The summed E-state index contributed by atoms with van der Waals surface area (Å²) in [5.41, 5.74) is 0.413. The maximum Gasteiger partial charge on any atom is 0.323 e. The highest BCUT2D eigenvalue weighted by Gasteiger charge is 2.45. The van der Waals surface area contributed by atoms with Crippen LogP contribution < -0.4 is 15.0 Å². The van der Waals surface area contributed by atoms with Crippen LogP contribution in [-0.4, -0.2) is 59.2 Å². The first kappa shape index (κ1) is 17.1. The lowest BCUT2D eigenvalue weighted by atomic mass is 10.1. The molecule has 2 aliphatic heterocycles. The summed E-state index contributed by atoms with van der Waals surface area (Å²) in [6.07, 6.45) is 0.0365. The Balaban J connectivity index is 1.97. The second-order valence-electron chi connectivity index (χ2n) is 6.53. The fraction of sp³-hybridized carbons (Fsp3) is 0.471. The van der Waals surface area contributed by atoms with Crippen molar-refractivity contribution in [2.75, 3.05) is 18.0 Å². The minimum absolute atomic E-state index is 0.0688. The Labute approximate surface area is 145 Å². The van der Waals surface area contributed by atoms with Gasteiger partial charge in [-0.05, 0) is 26.0 Å². The van der Waals surface area contributed by atoms with Crippen LogP contribution in [0.5, 0.6) is 5.75 Å². The number of hydrogen-bond acceptors (Lipinski definition) is 4. The van der Waals surface area contributed by atoms with Crippen molar-refractivity contribution in [1.82, 2.24) is 10.2 Å². The van der Waals surface area contributed by atoms with Gasteiger partial charge in [-0.15, -0.1) is 0 Å². The molecule has 0 aromatic heterocycles. The zero-order chi connectivity index (χ0) is 18.1. The summed E-state index contributed by atoms with van der Waals surface area (Å²) in [4.78, 5) is 39.4. The van der Waals surface area contributed by atoms with Crippen LogP contribution in [0.15, 0.2) is 24.3 Å². The molecule has 0 radical (unpaired) electrons. The number of rotatable bonds is 3. The van der Waals surface area contributed by atoms with Crippen LogP contribution in [0.1, 0.15) is 20.3 Å². The van der Waals surface area contributed by atoms with Gasteiger partial charge in [-0.2, -0.15) is 0 Å². The number of carboxylic acids is 1. The van der Waals surface area contributed by atoms with E-state index in [0.29, 0.717) is 17.9 Å². The van der Waals surface area contributed by atoms with E-state index in [1.807, 2.05) is 13.8 Å². The smallest absolute Gasteiger partial charge is 0.323 e. The molecule has 134 valence electrons. The van der Waals surface area contributed by atoms with Crippen LogP contribution >= 0.6 is 0 Å². The van der Waals surface area contributed by atoms with Crippen molar-refractivity contribution in [3.05, 3.63) is 24.3 Å². The molecular formula is C17H21N3O5. The van der Waals surface area contributed by atoms with Gasteiger partial charge in [0.1, 0.15) is 24.4 Å². The van der Waals surface area contributed by atoms with E-state index >= 15 is 0 Å². The predicted molar refractivity (Wildman–Crippen MR) is 89.6 cm³/mol. The molecule has 1 aromatic rings. The van der Waals surface area contributed by atoms with Gasteiger partial charge in [0, 0.05) is 12.5 Å². The minimum Gasteiger partial charge on any atom is -0.486 e. The number of carboxylic acid groups (broad SMARTS) is 1. The van der Waals surface area contributed by atoms with Gasteiger partial charge in [0.05, 0.1) is 12.2 Å². The van der Waals surface area contributed by atoms with E-state index < -0.39 is 24.5 Å². The summed E-state index contributed by atoms with van der Waals surface area (Å²) in [6.45, 7) is 3.47. The number of anilines is 1. The summed E-state index contributed by atoms with van der Waals surface area (Å²) < 4.78 is 5.96. The highest BCUT2D eigenvalue weighted by molar-refractivity contribution is 6.03. The Morgan fingerprint density at radius 1 is 1.36 bits per heavy atom. The SMILES string of the molecule is CC(C)NC(=O)N1CC2CC1C(=O)N(CC(=O)O)c1ccccc1O2. The molecule has 2 unspecified atom stereocenters. The van der Waals surface area contributed by atoms with E-state index in [1.54, 1.807) is 24.3 Å². The van der Waals surface area contributed by atoms with Crippen molar-refractivity contribution < 1.29 is 24.2 Å². The highest BCUT2D eigenvalue weighted by atomic mass is 16.5. The molecule has 2 atom stereocenters. The summed E-state index contributed by atoms with van der Waals surface area (Å²) in [7, 11) is 0. The van der Waals surface area contributed by atoms with Gasteiger partial charge < -0.3 is 20.1 Å². The van der Waals surface area contributed by atoms with Crippen molar-refractivity contribution in [2.45, 2.75) is 38.5 Å². The van der Waals surface area contributed by atoms with Gasteiger partial charge in [0.2, 0.25) is 0 Å². The zero-order valence-electron chi connectivity index (χ0n) is 14.1. The fourth-order valence-electron chi connectivity index (χ4n) is 3.23. The summed E-state index contributed by atoms with van der Waals surface area (Å²) in [5, 5.41) is 12.0. The quantitative estimate of drug-likeness (QED) is 0.852. The second kappa shape index (κ2) is 6.62. The van der Waals surface area contributed by atoms with E-state index in [0.717, 1.165) is 0 Å². The van der Waals surface area contributed by atoms with Crippen molar-refractivity contribution in [3.8, 4) is 5.75 Å². The number of nitrogens with zero attached hydrogens (tertiary/aromatic N) is 2. The molecule has 3 rings (SSSR count). The number of nitrogens with one attached hydrogen (secondary N) is 1. The summed E-state index contributed by atoms with van der Waals surface area (Å²) in [5.74, 6) is -1.08. The molecule has 8 nitrogen and oxygen atoms in total. The lowest BCUT2D eigenvalue weighted by Gasteiger charge is -2.31. The Morgan fingerprint density at radius 2 is 2.08 bits per heavy atom. The number of ether oxygens (including phenoxy) is 1. The number of likely N-dealkylation sites (tertiary alicyclic amines) is 1. The van der Waals surface area contributed by atoms with E-state index in [-0.39, 0.29) is 24.7 Å². The van der Waals surface area contributed by atoms with Gasteiger partial charge in [0.25, 0.3) is 5.91 Å². The number of amides is 3. The number of hydrogen-bond donors (Lipinski definition) is 2. The molecule has 1 fully saturated rings. The van der Waals surface area contributed by atoms with Crippen molar-refractivity contribution >= 4 is 23.6 Å². The van der Waals surface area contributed by atoms with Crippen molar-refractivity contribution in [3.63, 3.8) is 0 Å². The van der Waals surface area contributed by atoms with Crippen molar-refractivity contribution in [2.24, 2.45) is 0 Å². The minimum atomic E-state index is -1.13. The van der Waals surface area contributed by atoms with Crippen LogP contribution in [0.4, 0.5) is 10.5 Å². The average Bonchev–Trinajstić information content (AvgIpc) is 2.96. The second-order valence-corrected chi connectivity index (χ2v) is 6.53. The lowest BCUT2D eigenvalue weighted by Crippen LogP contribution is -2.52. The summed E-state index contributed by atoms with van der Waals surface area (Å²) >= 11 is 0. The first-order chi connectivity index (χ1) is 11.9. The highest BCUT2D eigenvalue weighted by Crippen LogP contribution is 2.36. The van der Waals surface area contributed by atoms with Crippen LogP contribution in [0.3, 0.4) is 0 Å². The first-order valence-electron chi connectivity index (χ1n) is 8.22. The largest absolute Gasteiger partial charge is 0.486 e. The van der Waals surface area contributed by atoms with Gasteiger partial charge in [0.15, 0.2) is 0 Å². The average molecular weight is 347 g/mol. The molecule has 1 saturated heterocycles. The zero-order valence-corrected chi connectivity index (χ0v) is 14.1. The molecular weight excluding hydrogens is 326 g/mol. The predicted octanol–water partition coefficient (Wildman–Crippen LogP) is 1.06. The first-order valence-corrected chi connectivity index (χ1v) is 8.22. The monoisotopic (exact) mass is 347 g/mol. The Morgan fingerprint density at radius 3 is 2.76 bits per heavy atom. The molecule has 2 heterocycles. The van der Waals surface area contributed by atoms with E-state index in [2.05, 4.69) is 5.32 Å². The molecule has 0 aliphatic carbocycles. The molecule has 1 aromatic carbocycles. The van der Waals surface area contributed by atoms with Gasteiger partial charge in [-0.3, -0.25) is 14.5 Å². The fourth-order valence-corrected chi connectivity index (χ4v) is 3.23. The van der Waals surface area contributed by atoms with E-state index in [9.17, 15) is 19.5 Å². The maximum atomic E-state index is 13.0. The number of benzene rings is 1. The van der Waals surface area contributed by atoms with Crippen LogP contribution in [0.2, 0.25) is 0 Å². The van der Waals surface area contributed by atoms with E-state index in [4.69, 9.17) is 4.74 Å². The normalized spacial score (nSPS) is 22.1. The molecule has 2 aliphatic rings. The van der Waals surface area contributed by atoms with Gasteiger partial charge in [-0.25, -0.2) is 4.79 Å². The number of aliphatic carboxylic acids is 1. The molecule has 8 heteroatoms. The lowest BCUT2D eigenvalue weighted by molar-refractivity contribution is -0.137. The molecule has 3 amide bonds. The number of carbonyl (C=O) groups is 3. The Kier molecular flexibility index (Phi) is 4.52. The number of urea groups is 1. The van der Waals surface area contributed by atoms with Crippen LogP contribution in [0, 0.1) is 0 Å². The third-order valence-corrected chi connectivity index (χ3v) is 4.23. The summed E-state index contributed by atoms with van der Waals surface area (Å²) in [6, 6.07) is 5.68. The van der Waals surface area contributed by atoms with E-state index in [1.165, 1.54) is 9.80 Å². The Bertz CT molecular complexity index is 705. The van der Waals surface area contributed by atoms with Gasteiger partial charge >= 0.3 is 12.0 Å². The third-order valence-electron chi connectivity index (χ3n) is 4.23.